The molecule has 0 saturated carbocycles. The van der Waals surface area contributed by atoms with Gasteiger partial charge >= 0.3 is 0 Å². The Morgan fingerprint density at radius 1 is 1.05 bits per heavy atom. The van der Waals surface area contributed by atoms with Gasteiger partial charge in [0.15, 0.2) is 0 Å². The number of methoxy groups -OCH3 is 1. The number of sulfonamides is 1. The van der Waals surface area contributed by atoms with E-state index in [-0.39, 0.29) is 24.8 Å². The lowest BCUT2D eigenvalue weighted by atomic mass is 10.0. The van der Waals surface area contributed by atoms with Crippen molar-refractivity contribution in [3.63, 3.8) is 0 Å². The Kier molecular flexibility index (Phi) is 11.4. The number of nitrogens with one attached hydrogen (secondary N) is 1. The van der Waals surface area contributed by atoms with Crippen molar-refractivity contribution in [3.8, 4) is 5.75 Å². The van der Waals surface area contributed by atoms with Crippen LogP contribution in [0.2, 0.25) is 0 Å². The van der Waals surface area contributed by atoms with E-state index in [1.54, 1.807) is 36.3 Å². The SMILES string of the molecule is CC[C@@H](C(=O)NCC(C)C)N(Cc1ccccc1C)C(=O)CCCN(c1ccc(OC)cc1)S(C)(=O)=O. The molecule has 0 fully saturated rings. The molecular weight excluding hydrogens is 490 g/mol. The Balaban J connectivity index is 2.21. The van der Waals surface area contributed by atoms with E-state index in [0.717, 1.165) is 17.4 Å². The van der Waals surface area contributed by atoms with E-state index < -0.39 is 16.1 Å². The zero-order chi connectivity index (χ0) is 27.6. The van der Waals surface area contributed by atoms with Crippen LogP contribution < -0.4 is 14.4 Å². The van der Waals surface area contributed by atoms with Crippen LogP contribution in [0.4, 0.5) is 5.69 Å². The molecule has 2 rings (SSSR count). The number of anilines is 1. The number of amides is 2. The maximum Gasteiger partial charge on any atom is 0.242 e. The van der Waals surface area contributed by atoms with Crippen molar-refractivity contribution in [1.29, 1.82) is 0 Å². The second kappa shape index (κ2) is 14.0. The average Bonchev–Trinajstić information content (AvgIpc) is 2.85. The number of ether oxygens (including phenoxy) is 1. The Morgan fingerprint density at radius 3 is 2.24 bits per heavy atom. The molecule has 0 saturated heterocycles. The molecule has 2 aromatic carbocycles. The highest BCUT2D eigenvalue weighted by Crippen LogP contribution is 2.23. The van der Waals surface area contributed by atoms with Crippen molar-refractivity contribution < 1.29 is 22.7 Å². The largest absolute Gasteiger partial charge is 0.497 e. The van der Waals surface area contributed by atoms with E-state index in [1.165, 1.54) is 4.31 Å². The summed E-state index contributed by atoms with van der Waals surface area (Å²) in [5.41, 5.74) is 2.52. The van der Waals surface area contributed by atoms with E-state index >= 15 is 0 Å². The summed E-state index contributed by atoms with van der Waals surface area (Å²) in [7, 11) is -2.01. The molecule has 0 unspecified atom stereocenters. The van der Waals surface area contributed by atoms with E-state index in [2.05, 4.69) is 5.32 Å². The molecule has 9 heteroatoms. The van der Waals surface area contributed by atoms with Gasteiger partial charge in [-0.3, -0.25) is 13.9 Å². The van der Waals surface area contributed by atoms with Gasteiger partial charge in [-0.25, -0.2) is 8.42 Å². The van der Waals surface area contributed by atoms with Crippen LogP contribution in [0.3, 0.4) is 0 Å². The molecule has 0 spiro atoms. The standard InChI is InChI=1S/C28H41N3O5S/c1-7-26(28(33)29-19-21(2)3)30(20-23-12-9-8-11-22(23)4)27(32)13-10-18-31(37(6,34)35)24-14-16-25(36-5)17-15-24/h8-9,11-12,14-17,21,26H,7,10,13,18-20H2,1-6H3,(H,29,33)/t26-/m0/s1. The summed E-state index contributed by atoms with van der Waals surface area (Å²) in [4.78, 5) is 28.2. The smallest absolute Gasteiger partial charge is 0.242 e. The molecule has 1 N–H and O–H groups in total. The third-order valence-electron chi connectivity index (χ3n) is 6.18. The Labute approximate surface area is 222 Å². The van der Waals surface area contributed by atoms with E-state index in [4.69, 9.17) is 4.74 Å². The van der Waals surface area contributed by atoms with Crippen LogP contribution in [0, 0.1) is 12.8 Å². The molecule has 0 heterocycles. The quantitative estimate of drug-likeness (QED) is 0.396. The minimum atomic E-state index is -3.56. The van der Waals surface area contributed by atoms with Gasteiger partial charge in [-0.2, -0.15) is 0 Å². The molecular formula is C28H41N3O5S. The van der Waals surface area contributed by atoms with Crippen LogP contribution in [0.1, 0.15) is 51.2 Å². The number of rotatable bonds is 14. The molecule has 0 radical (unpaired) electrons. The predicted molar refractivity (Wildman–Crippen MR) is 148 cm³/mol. The molecule has 0 aromatic heterocycles. The lowest BCUT2D eigenvalue weighted by Gasteiger charge is -2.31. The second-order valence-corrected chi connectivity index (χ2v) is 11.6. The van der Waals surface area contributed by atoms with Crippen LogP contribution in [-0.2, 0) is 26.2 Å². The lowest BCUT2D eigenvalue weighted by molar-refractivity contribution is -0.141. The van der Waals surface area contributed by atoms with E-state index in [9.17, 15) is 18.0 Å². The van der Waals surface area contributed by atoms with Crippen LogP contribution in [-0.4, -0.2) is 57.6 Å². The highest BCUT2D eigenvalue weighted by molar-refractivity contribution is 7.92. The molecule has 8 nitrogen and oxygen atoms in total. The van der Waals surface area contributed by atoms with Crippen LogP contribution >= 0.6 is 0 Å². The first-order valence-corrected chi connectivity index (χ1v) is 14.6. The van der Waals surface area contributed by atoms with E-state index in [0.29, 0.717) is 43.3 Å². The summed E-state index contributed by atoms with van der Waals surface area (Å²) >= 11 is 0. The van der Waals surface area contributed by atoms with Gasteiger partial charge in [-0.1, -0.05) is 45.0 Å². The van der Waals surface area contributed by atoms with Gasteiger partial charge in [0.25, 0.3) is 0 Å². The van der Waals surface area contributed by atoms with Gasteiger partial charge in [0.2, 0.25) is 21.8 Å². The van der Waals surface area contributed by atoms with Crippen molar-refractivity contribution in [2.75, 3.05) is 30.8 Å². The molecule has 0 aliphatic carbocycles. The van der Waals surface area contributed by atoms with Crippen molar-refractivity contribution >= 4 is 27.5 Å². The molecule has 0 bridgehead atoms. The van der Waals surface area contributed by atoms with E-state index in [1.807, 2.05) is 52.0 Å². The molecule has 0 aliphatic rings. The maximum absolute atomic E-state index is 13.5. The first kappa shape index (κ1) is 30.2. The normalized spacial score (nSPS) is 12.2. The Morgan fingerprint density at radius 2 is 1.70 bits per heavy atom. The number of hydrogen-bond donors (Lipinski definition) is 1. The fourth-order valence-corrected chi connectivity index (χ4v) is 5.03. The van der Waals surface area contributed by atoms with Crippen molar-refractivity contribution in [1.82, 2.24) is 10.2 Å². The third kappa shape index (κ3) is 9.07. The summed E-state index contributed by atoms with van der Waals surface area (Å²) in [5.74, 6) is 0.564. The van der Waals surface area contributed by atoms with Crippen LogP contribution in [0.5, 0.6) is 5.75 Å². The minimum Gasteiger partial charge on any atom is -0.497 e. The van der Waals surface area contributed by atoms with Crippen molar-refractivity contribution in [2.24, 2.45) is 5.92 Å². The highest BCUT2D eigenvalue weighted by atomic mass is 32.2. The summed E-state index contributed by atoms with van der Waals surface area (Å²) in [6.45, 7) is 8.91. The van der Waals surface area contributed by atoms with Gasteiger partial charge in [0.1, 0.15) is 11.8 Å². The Bertz CT molecular complexity index is 1130. The molecule has 0 aliphatic heterocycles. The second-order valence-electron chi connectivity index (χ2n) is 9.65. The number of benzene rings is 2. The fourth-order valence-electron chi connectivity index (χ4n) is 4.07. The summed E-state index contributed by atoms with van der Waals surface area (Å²) in [5, 5.41) is 2.96. The minimum absolute atomic E-state index is 0.113. The number of nitrogens with zero attached hydrogens (tertiary/aromatic N) is 2. The van der Waals surface area contributed by atoms with Crippen molar-refractivity contribution in [3.05, 3.63) is 59.7 Å². The van der Waals surface area contributed by atoms with Gasteiger partial charge < -0.3 is 15.0 Å². The molecule has 2 aromatic rings. The molecule has 1 atom stereocenters. The van der Waals surface area contributed by atoms with Gasteiger partial charge in [-0.05, 0) is 61.1 Å². The monoisotopic (exact) mass is 531 g/mol. The fraction of sp³-hybridized carbons (Fsp3) is 0.500. The zero-order valence-electron chi connectivity index (χ0n) is 22.9. The van der Waals surface area contributed by atoms with Gasteiger partial charge in [0, 0.05) is 26.1 Å². The lowest BCUT2D eigenvalue weighted by Crippen LogP contribution is -2.49. The summed E-state index contributed by atoms with van der Waals surface area (Å²) in [6, 6.07) is 13.9. The number of carbonyl (C=O) groups excluding carboxylic acids is 2. The molecule has 2 amide bonds. The summed E-state index contributed by atoms with van der Waals surface area (Å²) in [6.07, 6.45) is 2.05. The van der Waals surface area contributed by atoms with Crippen LogP contribution in [0.15, 0.2) is 48.5 Å². The third-order valence-corrected chi connectivity index (χ3v) is 7.38. The maximum atomic E-state index is 13.5. The predicted octanol–water partition coefficient (Wildman–Crippen LogP) is 4.13. The van der Waals surface area contributed by atoms with Crippen molar-refractivity contribution in [2.45, 2.75) is 59.5 Å². The number of carbonyl (C=O) groups is 2. The van der Waals surface area contributed by atoms with Gasteiger partial charge in [0.05, 0.1) is 19.1 Å². The summed E-state index contributed by atoms with van der Waals surface area (Å²) < 4.78 is 31.4. The van der Waals surface area contributed by atoms with Crippen LogP contribution in [0.25, 0.3) is 0 Å². The highest BCUT2D eigenvalue weighted by Gasteiger charge is 2.29. The molecule has 37 heavy (non-hydrogen) atoms. The topological polar surface area (TPSA) is 96.0 Å². The first-order chi connectivity index (χ1) is 17.5. The number of aryl methyl sites for hydroxylation is 1. The average molecular weight is 532 g/mol. The zero-order valence-corrected chi connectivity index (χ0v) is 23.7. The first-order valence-electron chi connectivity index (χ1n) is 12.7. The molecule has 204 valence electrons. The Hall–Kier alpha value is -3.07. The van der Waals surface area contributed by atoms with Gasteiger partial charge in [-0.15, -0.1) is 0 Å². The number of hydrogen-bond acceptors (Lipinski definition) is 5.